The van der Waals surface area contributed by atoms with Crippen LogP contribution in [0.25, 0.3) is 0 Å². The van der Waals surface area contributed by atoms with Crippen molar-refractivity contribution in [2.24, 2.45) is 5.92 Å². The van der Waals surface area contributed by atoms with Crippen LogP contribution in [0.4, 0.5) is 4.39 Å². The fraction of sp³-hybridized carbons (Fsp3) is 0.500. The Hall–Kier alpha value is -1.80. The van der Waals surface area contributed by atoms with Crippen LogP contribution in [0.3, 0.4) is 0 Å². The summed E-state index contributed by atoms with van der Waals surface area (Å²) in [6.07, 6.45) is -0.146. The first-order valence-corrected chi connectivity index (χ1v) is 9.12. The van der Waals surface area contributed by atoms with Crippen LogP contribution >= 0.6 is 0 Å². The predicted octanol–water partition coefficient (Wildman–Crippen LogP) is 1.75. The number of nitrogens with zero attached hydrogens (tertiary/aromatic N) is 1. The summed E-state index contributed by atoms with van der Waals surface area (Å²) in [4.78, 5) is 23.2. The van der Waals surface area contributed by atoms with Gasteiger partial charge in [-0.2, -0.15) is 4.31 Å². The van der Waals surface area contributed by atoms with Crippen LogP contribution in [0.1, 0.15) is 26.7 Å². The van der Waals surface area contributed by atoms with Gasteiger partial charge in [-0.3, -0.25) is 9.59 Å². The van der Waals surface area contributed by atoms with Gasteiger partial charge in [0.15, 0.2) is 11.9 Å². The third-order valence-corrected chi connectivity index (χ3v) is 6.02. The quantitative estimate of drug-likeness (QED) is 0.750. The topological polar surface area (TPSA) is 80.8 Å². The smallest absolute Gasteiger partial charge is 0.309 e. The molecular formula is C16H20FNO5S. The summed E-state index contributed by atoms with van der Waals surface area (Å²) in [7, 11) is -3.70. The van der Waals surface area contributed by atoms with E-state index >= 15 is 0 Å². The van der Waals surface area contributed by atoms with E-state index in [4.69, 9.17) is 4.74 Å². The number of sulfonamides is 1. The minimum Gasteiger partial charge on any atom is -0.454 e. The molecule has 1 heterocycles. The van der Waals surface area contributed by atoms with Crippen LogP contribution in [0.15, 0.2) is 29.2 Å². The van der Waals surface area contributed by atoms with Gasteiger partial charge < -0.3 is 4.74 Å². The van der Waals surface area contributed by atoms with Gasteiger partial charge in [0.1, 0.15) is 5.82 Å². The molecule has 24 heavy (non-hydrogen) atoms. The Morgan fingerprint density at radius 2 is 1.75 bits per heavy atom. The molecule has 1 aromatic rings. The molecule has 8 heteroatoms. The molecule has 0 N–H and O–H groups in total. The number of piperidine rings is 1. The second-order valence-corrected chi connectivity index (χ2v) is 7.76. The maximum atomic E-state index is 12.9. The van der Waals surface area contributed by atoms with Gasteiger partial charge in [0.2, 0.25) is 10.0 Å². The monoisotopic (exact) mass is 357 g/mol. The Balaban J connectivity index is 1.98. The molecular weight excluding hydrogens is 337 g/mol. The van der Waals surface area contributed by atoms with E-state index in [1.54, 1.807) is 0 Å². The number of Topliss-reactive ketones (excluding diaryl/α,β-unsaturated/α-hetero) is 1. The molecule has 1 saturated heterocycles. The summed E-state index contributed by atoms with van der Waals surface area (Å²) in [5.74, 6) is -1.64. The SMILES string of the molecule is CC(=O)[C@H](C)OC(=O)C1CCN(S(=O)(=O)c2ccc(F)cc2)CC1. The number of halogens is 1. The van der Waals surface area contributed by atoms with Gasteiger partial charge in [0.05, 0.1) is 10.8 Å². The number of hydrogen-bond donors (Lipinski definition) is 0. The summed E-state index contributed by atoms with van der Waals surface area (Å²) in [6, 6.07) is 4.64. The lowest BCUT2D eigenvalue weighted by atomic mass is 9.98. The fourth-order valence-electron chi connectivity index (χ4n) is 2.44. The lowest BCUT2D eigenvalue weighted by Gasteiger charge is -2.30. The van der Waals surface area contributed by atoms with E-state index in [0.29, 0.717) is 12.8 Å². The first-order chi connectivity index (χ1) is 11.2. The maximum Gasteiger partial charge on any atom is 0.309 e. The molecule has 0 aromatic heterocycles. The van der Waals surface area contributed by atoms with Crippen molar-refractivity contribution < 1.29 is 27.1 Å². The number of carbonyl (C=O) groups excluding carboxylic acids is 2. The molecule has 0 saturated carbocycles. The Kier molecular flexibility index (Phi) is 5.71. The fourth-order valence-corrected chi connectivity index (χ4v) is 3.91. The summed E-state index contributed by atoms with van der Waals surface area (Å²) >= 11 is 0. The molecule has 0 spiro atoms. The maximum absolute atomic E-state index is 12.9. The average Bonchev–Trinajstić information content (AvgIpc) is 2.55. The number of ether oxygens (including phenoxy) is 1. The van der Waals surface area contributed by atoms with E-state index in [9.17, 15) is 22.4 Å². The lowest BCUT2D eigenvalue weighted by Crippen LogP contribution is -2.41. The number of benzene rings is 1. The lowest BCUT2D eigenvalue weighted by molar-refractivity contribution is -0.158. The van der Waals surface area contributed by atoms with Crippen molar-refractivity contribution in [1.82, 2.24) is 4.31 Å². The second kappa shape index (κ2) is 7.40. The Morgan fingerprint density at radius 1 is 1.21 bits per heavy atom. The van der Waals surface area contributed by atoms with E-state index in [-0.39, 0.29) is 23.8 Å². The van der Waals surface area contributed by atoms with Crippen LogP contribution in [-0.4, -0.2) is 43.7 Å². The molecule has 132 valence electrons. The number of rotatable bonds is 5. The molecule has 0 unspecified atom stereocenters. The Bertz CT molecular complexity index is 708. The highest BCUT2D eigenvalue weighted by Gasteiger charge is 2.33. The third-order valence-electron chi connectivity index (χ3n) is 4.10. The van der Waals surface area contributed by atoms with Crippen LogP contribution < -0.4 is 0 Å². The van der Waals surface area contributed by atoms with Crippen LogP contribution in [0, 0.1) is 11.7 Å². The van der Waals surface area contributed by atoms with Crippen molar-refractivity contribution in [2.75, 3.05) is 13.1 Å². The third kappa shape index (κ3) is 4.18. The number of esters is 1. The molecule has 1 aliphatic heterocycles. The Labute approximate surface area is 140 Å². The van der Waals surface area contributed by atoms with Crippen molar-refractivity contribution in [3.8, 4) is 0 Å². The van der Waals surface area contributed by atoms with Gasteiger partial charge in [-0.25, -0.2) is 12.8 Å². The minimum absolute atomic E-state index is 0.0233. The molecule has 0 amide bonds. The highest BCUT2D eigenvalue weighted by Crippen LogP contribution is 2.25. The second-order valence-electron chi connectivity index (χ2n) is 5.82. The highest BCUT2D eigenvalue weighted by atomic mass is 32.2. The van der Waals surface area contributed by atoms with Crippen molar-refractivity contribution >= 4 is 21.8 Å². The molecule has 0 radical (unpaired) electrons. The number of hydrogen-bond acceptors (Lipinski definition) is 5. The van der Waals surface area contributed by atoms with E-state index in [1.807, 2.05) is 0 Å². The largest absolute Gasteiger partial charge is 0.454 e. The number of ketones is 1. The van der Waals surface area contributed by atoms with E-state index in [1.165, 1.54) is 30.3 Å². The van der Waals surface area contributed by atoms with Gasteiger partial charge in [0.25, 0.3) is 0 Å². The molecule has 1 aliphatic rings. The summed E-state index contributed by atoms with van der Waals surface area (Å²) in [5, 5.41) is 0. The zero-order valence-electron chi connectivity index (χ0n) is 13.6. The Morgan fingerprint density at radius 3 is 2.25 bits per heavy atom. The van der Waals surface area contributed by atoms with Crippen molar-refractivity contribution in [1.29, 1.82) is 0 Å². The van der Waals surface area contributed by atoms with Gasteiger partial charge in [-0.05, 0) is 51.0 Å². The minimum atomic E-state index is -3.70. The number of carbonyl (C=O) groups is 2. The molecule has 6 nitrogen and oxygen atoms in total. The normalized spacial score (nSPS) is 18.1. The average molecular weight is 357 g/mol. The summed E-state index contributed by atoms with van der Waals surface area (Å²) in [6.45, 7) is 3.20. The molecule has 1 atom stereocenters. The van der Waals surface area contributed by atoms with Crippen molar-refractivity contribution in [2.45, 2.75) is 37.7 Å². The summed E-state index contributed by atoms with van der Waals surface area (Å²) in [5.41, 5.74) is 0. The van der Waals surface area contributed by atoms with Gasteiger partial charge in [-0.15, -0.1) is 0 Å². The zero-order chi connectivity index (χ0) is 17.9. The van der Waals surface area contributed by atoms with E-state index < -0.39 is 33.8 Å². The standard InChI is InChI=1S/C16H20FNO5S/c1-11(19)12(2)23-16(20)13-7-9-18(10-8-13)24(21,22)15-5-3-14(17)4-6-15/h3-6,12-13H,7-10H2,1-2H3/t12-/m0/s1. The summed E-state index contributed by atoms with van der Waals surface area (Å²) < 4.78 is 44.3. The zero-order valence-corrected chi connectivity index (χ0v) is 14.4. The van der Waals surface area contributed by atoms with Gasteiger partial charge in [-0.1, -0.05) is 0 Å². The van der Waals surface area contributed by atoms with Crippen molar-refractivity contribution in [3.05, 3.63) is 30.1 Å². The molecule has 1 aromatic carbocycles. The van der Waals surface area contributed by atoms with Crippen LogP contribution in [0.2, 0.25) is 0 Å². The van der Waals surface area contributed by atoms with E-state index in [2.05, 4.69) is 0 Å². The van der Waals surface area contributed by atoms with Gasteiger partial charge in [0, 0.05) is 13.1 Å². The highest BCUT2D eigenvalue weighted by molar-refractivity contribution is 7.89. The van der Waals surface area contributed by atoms with Crippen LogP contribution in [0.5, 0.6) is 0 Å². The van der Waals surface area contributed by atoms with Gasteiger partial charge >= 0.3 is 5.97 Å². The first kappa shape index (κ1) is 18.5. The predicted molar refractivity (Wildman–Crippen MR) is 84.1 cm³/mol. The molecule has 0 aliphatic carbocycles. The van der Waals surface area contributed by atoms with Crippen molar-refractivity contribution in [3.63, 3.8) is 0 Å². The molecule has 2 rings (SSSR count). The molecule has 1 fully saturated rings. The van der Waals surface area contributed by atoms with E-state index in [0.717, 1.165) is 12.1 Å². The molecule has 0 bridgehead atoms. The first-order valence-electron chi connectivity index (χ1n) is 7.68. The van der Waals surface area contributed by atoms with Crippen LogP contribution in [-0.2, 0) is 24.3 Å².